The normalized spacial score (nSPS) is 25.4. The predicted octanol–water partition coefficient (Wildman–Crippen LogP) is 10.4. The number of hydrogen-bond donors (Lipinski definition) is 6. The number of carbonyl (C=O) groups is 18. The molecule has 2 aliphatic rings. The van der Waals surface area contributed by atoms with Crippen molar-refractivity contribution in [3.63, 3.8) is 0 Å². The smallest absolute Gasteiger partial charge is 0.410 e. The fraction of sp³-hybridized carbons (Fsp3) is 0.648. The summed E-state index contributed by atoms with van der Waals surface area (Å²) in [5, 5.41) is 16.2. The van der Waals surface area contributed by atoms with E-state index in [0.717, 1.165) is 9.80 Å². The van der Waals surface area contributed by atoms with E-state index in [2.05, 4.69) is 31.9 Å². The molecule has 0 saturated heterocycles. The molecule has 4 rings (SSSR count). The quantitative estimate of drug-likeness (QED) is 0.0362. The molecule has 0 bridgehead atoms. The molecule has 828 valence electrons. The van der Waals surface area contributed by atoms with Gasteiger partial charge in [-0.2, -0.15) is 0 Å². The van der Waals surface area contributed by atoms with Crippen LogP contribution in [0.1, 0.15) is 230 Å². The van der Waals surface area contributed by atoms with Crippen molar-refractivity contribution < 1.29 is 124 Å². The summed E-state index contributed by atoms with van der Waals surface area (Å²) in [7, 11) is 11.7. The van der Waals surface area contributed by atoms with E-state index in [0.29, 0.717) is 35.1 Å². The molecule has 18 atom stereocenters. The first-order chi connectivity index (χ1) is 68.8. The Balaban J connectivity index is 0.000000760. The summed E-state index contributed by atoms with van der Waals surface area (Å²) >= 11 is 0. The molecule has 148 heavy (non-hydrogen) atoms. The monoisotopic (exact) mass is 2080 g/mol. The van der Waals surface area contributed by atoms with Gasteiger partial charge in [-0.3, -0.25) is 47.9 Å². The van der Waals surface area contributed by atoms with Crippen LogP contribution in [0.5, 0.6) is 0 Å². The average Bonchev–Trinajstić information content (AvgIpc) is 0.821. The van der Waals surface area contributed by atoms with Crippen LogP contribution >= 0.6 is 0 Å². The van der Waals surface area contributed by atoms with Crippen LogP contribution < -0.4 is 31.9 Å². The minimum Gasteiger partial charge on any atom is -0.456 e. The highest BCUT2D eigenvalue weighted by Crippen LogP contribution is 2.31. The second-order valence-electron chi connectivity index (χ2n) is 41.8. The molecule has 0 spiro atoms. The summed E-state index contributed by atoms with van der Waals surface area (Å²) < 4.78 is 46.9. The summed E-state index contributed by atoms with van der Waals surface area (Å²) in [6.45, 7) is 43.2. The lowest BCUT2D eigenvalue weighted by Gasteiger charge is -2.33. The zero-order valence-electron chi connectivity index (χ0n) is 93.7. The van der Waals surface area contributed by atoms with Crippen LogP contribution in [0.2, 0.25) is 0 Å². The molecule has 2 aromatic carbocycles. The Morgan fingerprint density at radius 1 is 0.426 bits per heavy atom. The van der Waals surface area contributed by atoms with E-state index in [1.54, 1.807) is 170 Å². The van der Waals surface area contributed by atoms with Crippen LogP contribution in [-0.2, 0) is 118 Å². The molecule has 2 aromatic rings. The summed E-state index contributed by atoms with van der Waals surface area (Å²) in [5.41, 5.74) is 1.20. The Labute approximate surface area is 875 Å². The zero-order valence-corrected chi connectivity index (χ0v) is 93.7. The number of allylic oxidation sites excluding steroid dienone is 2. The molecular formula is C108H170N14O26. The van der Waals surface area contributed by atoms with Gasteiger partial charge in [-0.05, 0) is 170 Å². The van der Waals surface area contributed by atoms with Gasteiger partial charge in [-0.25, -0.2) is 38.4 Å². The van der Waals surface area contributed by atoms with Crippen LogP contribution in [0.15, 0.2) is 107 Å². The Morgan fingerprint density at radius 2 is 0.716 bits per heavy atom. The number of likely N-dealkylation sites (N-methyl/N-ethyl adjacent to an activating group) is 8. The maximum Gasteiger partial charge on any atom is 0.410 e. The highest BCUT2D eigenvalue weighted by atomic mass is 16.6. The first-order valence-electron chi connectivity index (χ1n) is 50.9. The highest BCUT2D eigenvalue weighted by molar-refractivity contribution is 5.99. The lowest BCUT2D eigenvalue weighted by Crippen LogP contribution is -2.57. The summed E-state index contributed by atoms with van der Waals surface area (Å²) in [5.74, 6) is -12.9. The van der Waals surface area contributed by atoms with Crippen molar-refractivity contribution in [3.05, 3.63) is 118 Å². The second-order valence-corrected chi connectivity index (χ2v) is 41.8. The lowest BCUT2D eigenvalue weighted by molar-refractivity contribution is -0.155. The van der Waals surface area contributed by atoms with E-state index in [1.807, 2.05) is 41.5 Å². The summed E-state index contributed by atoms with van der Waals surface area (Å²) in [4.78, 5) is 259. The molecular weight excluding hydrogens is 1910 g/mol. The standard InChI is InChI=1S/2C54H85N7O13/c2*1-18-33(5)44-47(64)56-38(10)51(68)73-45(34(6)19-2)36(8)41(72-52(69)58(14)27-28-59(15)53(70)74-54(11,12)13)26-25-35(7)50(67)71-42(29-32(3)4)46(63)55-37(9)48(65)61(17)40(30-39-23-21-20-22-24-39)49(66)60(16)31-43(62)57-44/h2*19-25,32-33,36-38,40-42,44-45H,18,26-31H2,1-17H3,(H,55,63)(H,56,64)(H,57,62)/b2*34-19+,35-25+/t2*33?,36-,37-,38+,40+,41-,42+,44-,45+/m00/s1. The van der Waals surface area contributed by atoms with E-state index in [4.69, 9.17) is 37.9 Å². The van der Waals surface area contributed by atoms with Crippen molar-refractivity contribution in [1.82, 2.24) is 71.1 Å². The van der Waals surface area contributed by atoms with Crippen LogP contribution in [0.3, 0.4) is 0 Å². The summed E-state index contributed by atoms with van der Waals surface area (Å²) in [6, 6.07) is 8.42. The Hall–Kier alpha value is -12.9. The Kier molecular flexibility index (Phi) is 53.4. The van der Waals surface area contributed by atoms with Crippen LogP contribution in [0.25, 0.3) is 0 Å². The highest BCUT2D eigenvalue weighted by Gasteiger charge is 2.43. The van der Waals surface area contributed by atoms with Crippen molar-refractivity contribution in [3.8, 4) is 0 Å². The summed E-state index contributed by atoms with van der Waals surface area (Å²) in [6.07, 6.45) is -2.31. The third-order valence-electron chi connectivity index (χ3n) is 25.7. The van der Waals surface area contributed by atoms with E-state index in [-0.39, 0.29) is 87.7 Å². The molecule has 0 radical (unpaired) electrons. The number of carbonyl (C=O) groups excluding carboxylic acids is 18. The van der Waals surface area contributed by atoms with E-state index < -0.39 is 240 Å². The molecule has 0 fully saturated rings. The van der Waals surface area contributed by atoms with Crippen molar-refractivity contribution in [2.24, 2.45) is 35.5 Å². The molecule has 0 saturated carbocycles. The third-order valence-corrected chi connectivity index (χ3v) is 25.7. The van der Waals surface area contributed by atoms with E-state index in [9.17, 15) is 86.3 Å². The number of amides is 14. The molecule has 6 N–H and O–H groups in total. The third kappa shape index (κ3) is 42.7. The number of rotatable bonds is 22. The number of nitrogens with zero attached hydrogens (tertiary/aromatic N) is 8. The first-order valence-corrected chi connectivity index (χ1v) is 50.9. The van der Waals surface area contributed by atoms with Gasteiger partial charge < -0.3 is 109 Å². The fourth-order valence-corrected chi connectivity index (χ4v) is 15.5. The maximum atomic E-state index is 14.3. The fourth-order valence-electron chi connectivity index (χ4n) is 15.5. The first kappa shape index (κ1) is 129. The number of hydrogen-bond acceptors (Lipinski definition) is 26. The number of cyclic esters (lactones) is 4. The lowest BCUT2D eigenvalue weighted by atomic mass is 9.90. The Bertz CT molecular complexity index is 4650. The van der Waals surface area contributed by atoms with Gasteiger partial charge in [0.1, 0.15) is 84.0 Å². The van der Waals surface area contributed by atoms with Gasteiger partial charge >= 0.3 is 48.3 Å². The van der Waals surface area contributed by atoms with Crippen LogP contribution in [0, 0.1) is 35.5 Å². The molecule has 14 amide bonds. The van der Waals surface area contributed by atoms with Crippen molar-refractivity contribution >= 4 is 107 Å². The SMILES string of the molecule is C/C=C(\C)[C@H]1OC(=O)[C@@H](C)NC(=O)[C@H](C(C)CC)NC(=O)CN(C)C(=O)[C@@H](Cc2ccccc2)N(C)C(=O)[C@H](C)NC(=O)[C@@H](CC(C)C)OC(=O)/C(C)=C/C[C@H](OC(=O)N(C)CCN(C)C(=O)OC(C)(C)C)[C@@H]1C.C/C=C(\C)[C@H]1OC(=O)[C@@H](C)NC(=O)[C@H](C(C)CC)NC(=O)CN(C)C(=O)[C@@H](Cc2ccccc2)N(C)C(=O)[C@H](C)NC(=O)[C@@H](CC(C)C)OC(=O)/C(C)=C/C[C@H](OC(=O)N(C)CCN(C)C(=O)OC(C)(C)C)[C@@H]1C. The Morgan fingerprint density at radius 3 is 0.993 bits per heavy atom. The molecule has 40 nitrogen and oxygen atoms in total. The van der Waals surface area contributed by atoms with Crippen molar-refractivity contribution in [1.29, 1.82) is 0 Å². The van der Waals surface area contributed by atoms with Gasteiger partial charge in [0.15, 0.2) is 12.2 Å². The van der Waals surface area contributed by atoms with Gasteiger partial charge in [-0.1, -0.05) is 167 Å². The van der Waals surface area contributed by atoms with Crippen molar-refractivity contribution in [2.45, 2.75) is 328 Å². The van der Waals surface area contributed by atoms with E-state index in [1.165, 1.54) is 139 Å². The van der Waals surface area contributed by atoms with Crippen molar-refractivity contribution in [2.75, 3.05) is 95.6 Å². The largest absolute Gasteiger partial charge is 0.456 e. The number of ether oxygens (including phenoxy) is 8. The van der Waals surface area contributed by atoms with Crippen LogP contribution in [-0.4, -0.2) is 338 Å². The molecule has 40 heteroatoms. The minimum absolute atomic E-state index is 0.0430. The molecule has 2 heterocycles. The van der Waals surface area contributed by atoms with Gasteiger partial charge in [-0.15, -0.1) is 0 Å². The topological polar surface area (TPSA) is 479 Å². The minimum atomic E-state index is -1.35. The van der Waals surface area contributed by atoms with Gasteiger partial charge in [0.25, 0.3) is 11.8 Å². The van der Waals surface area contributed by atoms with Crippen LogP contribution in [0.4, 0.5) is 19.2 Å². The van der Waals surface area contributed by atoms with Gasteiger partial charge in [0, 0.05) is 131 Å². The number of nitrogens with one attached hydrogen (secondary N) is 6. The van der Waals surface area contributed by atoms with Gasteiger partial charge in [0.2, 0.25) is 47.3 Å². The maximum absolute atomic E-state index is 14.3. The molecule has 0 aromatic heterocycles. The van der Waals surface area contributed by atoms with E-state index >= 15 is 0 Å². The van der Waals surface area contributed by atoms with Gasteiger partial charge in [0.05, 0.1) is 13.1 Å². The average molecular weight is 2080 g/mol. The second kappa shape index (κ2) is 61.1. The molecule has 2 unspecified atom stereocenters. The molecule has 2 aliphatic heterocycles. The molecule has 0 aliphatic carbocycles. The number of benzene rings is 2. The predicted molar refractivity (Wildman–Crippen MR) is 558 cm³/mol. The zero-order chi connectivity index (χ0) is 113. The number of esters is 4.